The van der Waals surface area contributed by atoms with E-state index in [4.69, 9.17) is 4.74 Å². The number of rotatable bonds is 5. The van der Waals surface area contributed by atoms with E-state index in [9.17, 15) is 14.3 Å². The second-order valence-corrected chi connectivity index (χ2v) is 9.19. The van der Waals surface area contributed by atoms with Crippen LogP contribution in [-0.2, 0) is 5.60 Å². The Labute approximate surface area is 192 Å². The van der Waals surface area contributed by atoms with Crippen molar-refractivity contribution in [1.29, 1.82) is 0 Å². The highest BCUT2D eigenvalue weighted by Crippen LogP contribution is 2.51. The predicted molar refractivity (Wildman–Crippen MR) is 121 cm³/mol. The highest BCUT2D eigenvalue weighted by atomic mass is 19.1. The van der Waals surface area contributed by atoms with E-state index in [1.807, 2.05) is 41.3 Å². The summed E-state index contributed by atoms with van der Waals surface area (Å²) in [4.78, 5) is 23.6. The first-order valence-corrected chi connectivity index (χ1v) is 11.1. The fourth-order valence-corrected chi connectivity index (χ4v) is 4.93. The molecule has 3 heterocycles. The average molecular weight is 448 g/mol. The van der Waals surface area contributed by atoms with Crippen molar-refractivity contribution in [3.05, 3.63) is 77.4 Å². The van der Waals surface area contributed by atoms with Gasteiger partial charge in [0.1, 0.15) is 11.4 Å². The molecular formula is C26H26FN3O3. The van der Waals surface area contributed by atoms with Crippen molar-refractivity contribution in [2.24, 2.45) is 0 Å². The fraction of sp³-hybridized carbons (Fsp3) is 0.346. The molecule has 0 aliphatic carbocycles. The Hall–Kier alpha value is -3.32. The van der Waals surface area contributed by atoms with Crippen LogP contribution in [0.1, 0.15) is 66.5 Å². The van der Waals surface area contributed by atoms with Gasteiger partial charge in [0.25, 0.3) is 5.91 Å². The monoisotopic (exact) mass is 447 g/mol. The number of para-hydroxylation sites is 1. The molecule has 1 amide bonds. The van der Waals surface area contributed by atoms with Gasteiger partial charge in [-0.15, -0.1) is 0 Å². The molecule has 3 atom stereocenters. The highest BCUT2D eigenvalue weighted by molar-refractivity contribution is 6.00. The molecule has 2 aliphatic heterocycles. The Balaban J connectivity index is 1.53. The number of aliphatic hydroxyl groups is 1. The number of carbonyl (C=O) groups is 1. The zero-order chi connectivity index (χ0) is 23.3. The maximum atomic E-state index is 13.7. The van der Waals surface area contributed by atoms with Crippen molar-refractivity contribution in [2.75, 3.05) is 6.54 Å². The van der Waals surface area contributed by atoms with Crippen molar-refractivity contribution in [1.82, 2.24) is 14.9 Å². The molecule has 0 bridgehead atoms. The zero-order valence-electron chi connectivity index (χ0n) is 18.8. The first-order valence-electron chi connectivity index (χ1n) is 11.1. The summed E-state index contributed by atoms with van der Waals surface area (Å²) in [6.07, 6.45) is 2.74. The Morgan fingerprint density at radius 2 is 1.85 bits per heavy atom. The number of benzene rings is 2. The van der Waals surface area contributed by atoms with Gasteiger partial charge in [-0.25, -0.2) is 14.4 Å². The quantitative estimate of drug-likeness (QED) is 0.611. The molecule has 2 aliphatic rings. The number of nitrogens with zero attached hydrogens (tertiary/aromatic N) is 3. The summed E-state index contributed by atoms with van der Waals surface area (Å²) >= 11 is 0. The van der Waals surface area contributed by atoms with Crippen molar-refractivity contribution < 1.29 is 19.0 Å². The Morgan fingerprint density at radius 1 is 1.12 bits per heavy atom. The molecule has 1 unspecified atom stereocenters. The third-order valence-electron chi connectivity index (χ3n) is 6.40. The number of halogens is 1. The molecule has 0 radical (unpaired) electrons. The van der Waals surface area contributed by atoms with E-state index >= 15 is 0 Å². The molecule has 2 aromatic carbocycles. The van der Waals surface area contributed by atoms with Crippen LogP contribution < -0.4 is 4.74 Å². The zero-order valence-corrected chi connectivity index (χ0v) is 18.8. The molecular weight excluding hydrogens is 421 g/mol. The van der Waals surface area contributed by atoms with Crippen LogP contribution in [0, 0.1) is 0 Å². The molecule has 6 nitrogen and oxygen atoms in total. The maximum absolute atomic E-state index is 13.7. The van der Waals surface area contributed by atoms with Gasteiger partial charge >= 0.3 is 0 Å². The van der Waals surface area contributed by atoms with Crippen LogP contribution in [0.25, 0.3) is 11.1 Å². The van der Waals surface area contributed by atoms with E-state index in [-0.39, 0.29) is 17.9 Å². The minimum atomic E-state index is -1.42. The number of alkyl halides is 1. The molecule has 1 aromatic heterocycles. The van der Waals surface area contributed by atoms with Crippen molar-refractivity contribution in [2.45, 2.75) is 51.1 Å². The maximum Gasteiger partial charge on any atom is 0.254 e. The van der Waals surface area contributed by atoms with Gasteiger partial charge in [0.2, 0.25) is 6.36 Å². The molecule has 1 N–H and O–H groups in total. The van der Waals surface area contributed by atoms with Gasteiger partial charge in [0.15, 0.2) is 5.82 Å². The number of ether oxygens (including phenoxy) is 1. The second kappa shape index (κ2) is 7.92. The Morgan fingerprint density at radius 3 is 2.55 bits per heavy atom. The number of carbonyl (C=O) groups excluding carboxylic acids is 1. The van der Waals surface area contributed by atoms with E-state index in [1.54, 1.807) is 32.3 Å². The van der Waals surface area contributed by atoms with Crippen molar-refractivity contribution in [3.63, 3.8) is 0 Å². The summed E-state index contributed by atoms with van der Waals surface area (Å²) in [5, 5.41) is 10.1. The van der Waals surface area contributed by atoms with Gasteiger partial charge in [-0.3, -0.25) is 4.79 Å². The molecule has 1 fully saturated rings. The molecule has 170 valence electrons. The first kappa shape index (κ1) is 21.5. The lowest BCUT2D eigenvalue weighted by Crippen LogP contribution is -2.23. The minimum Gasteiger partial charge on any atom is -0.460 e. The van der Waals surface area contributed by atoms with Gasteiger partial charge in [-0.2, -0.15) is 0 Å². The summed E-state index contributed by atoms with van der Waals surface area (Å²) in [5.74, 6) is 0.902. The summed E-state index contributed by atoms with van der Waals surface area (Å²) in [5.41, 5.74) is 3.15. The van der Waals surface area contributed by atoms with Crippen molar-refractivity contribution in [3.8, 4) is 16.9 Å². The minimum absolute atomic E-state index is 0.00853. The fourth-order valence-electron chi connectivity index (χ4n) is 4.93. The normalized spacial score (nSPS) is 20.5. The van der Waals surface area contributed by atoms with E-state index in [0.29, 0.717) is 23.7 Å². The van der Waals surface area contributed by atoms with Crippen molar-refractivity contribution >= 4 is 5.91 Å². The number of hydrogen-bond donors (Lipinski definition) is 1. The van der Waals surface area contributed by atoms with Crippen LogP contribution in [0.15, 0.2) is 54.9 Å². The van der Waals surface area contributed by atoms with Crippen LogP contribution in [-0.4, -0.2) is 38.8 Å². The number of aromatic nitrogens is 2. The Kier molecular flexibility index (Phi) is 5.16. The van der Waals surface area contributed by atoms with E-state index in [0.717, 1.165) is 28.7 Å². The number of amides is 1. The van der Waals surface area contributed by atoms with Crippen LogP contribution >= 0.6 is 0 Å². The van der Waals surface area contributed by atoms with Crippen LogP contribution in [0.2, 0.25) is 0 Å². The first-order chi connectivity index (χ1) is 15.7. The molecule has 0 saturated carbocycles. The topological polar surface area (TPSA) is 75.5 Å². The predicted octanol–water partition coefficient (Wildman–Crippen LogP) is 4.75. The van der Waals surface area contributed by atoms with Gasteiger partial charge in [0, 0.05) is 42.9 Å². The summed E-state index contributed by atoms with van der Waals surface area (Å²) in [7, 11) is 0. The van der Waals surface area contributed by atoms with Gasteiger partial charge < -0.3 is 14.7 Å². The number of hydrogen-bond acceptors (Lipinski definition) is 5. The molecule has 33 heavy (non-hydrogen) atoms. The highest BCUT2D eigenvalue weighted by Gasteiger charge is 2.46. The third-order valence-corrected chi connectivity index (χ3v) is 6.40. The van der Waals surface area contributed by atoms with Crippen LogP contribution in [0.4, 0.5) is 4.39 Å². The Bertz CT molecular complexity index is 1200. The van der Waals surface area contributed by atoms with Crippen LogP contribution in [0.5, 0.6) is 5.75 Å². The van der Waals surface area contributed by atoms with Gasteiger partial charge in [-0.05, 0) is 55.2 Å². The summed E-state index contributed by atoms with van der Waals surface area (Å²) in [6.45, 7) is 5.29. The summed E-state index contributed by atoms with van der Waals surface area (Å²) in [6, 6.07) is 13.1. The lowest BCUT2D eigenvalue weighted by atomic mass is 9.86. The van der Waals surface area contributed by atoms with Gasteiger partial charge in [0.05, 0.1) is 6.04 Å². The van der Waals surface area contributed by atoms with Gasteiger partial charge in [-0.1, -0.05) is 24.3 Å². The largest absolute Gasteiger partial charge is 0.460 e. The lowest BCUT2D eigenvalue weighted by molar-refractivity contribution is 0.0687. The average Bonchev–Trinajstić information content (AvgIpc) is 3.33. The number of fused-ring (bicyclic) bond motifs is 3. The van der Waals surface area contributed by atoms with E-state index < -0.39 is 12.0 Å². The van der Waals surface area contributed by atoms with Crippen LogP contribution in [0.3, 0.4) is 0 Å². The molecule has 3 aromatic rings. The smallest absolute Gasteiger partial charge is 0.254 e. The lowest BCUT2D eigenvalue weighted by Gasteiger charge is -2.24. The van der Waals surface area contributed by atoms with E-state index in [2.05, 4.69) is 9.97 Å². The molecule has 0 spiro atoms. The second-order valence-electron chi connectivity index (χ2n) is 9.19. The SMILES string of the molecule is CC(F)Oc1ccccc1[C@H]1CCN2C(=O)c3ccc(-c4cnc(C(C)(C)O)nc4)cc3[C@@H]12. The molecule has 1 saturated heterocycles. The summed E-state index contributed by atoms with van der Waals surface area (Å²) < 4.78 is 19.1. The third kappa shape index (κ3) is 3.76. The standard InChI is InChI=1S/C26H26FN3O3/c1-15(27)33-22-7-5-4-6-18(22)19-10-11-30-23(19)21-12-16(8-9-20(21)24(30)31)17-13-28-25(29-14-17)26(2,3)32/h4-9,12-15,19,23,32H,10-11H2,1-3H3/t15?,19-,23-/m1/s1. The van der Waals surface area contributed by atoms with E-state index in [1.165, 1.54) is 6.92 Å². The molecule has 5 rings (SSSR count). The molecule has 7 heteroatoms.